The van der Waals surface area contributed by atoms with Gasteiger partial charge in [0.15, 0.2) is 6.40 Å². The van der Waals surface area contributed by atoms with Gasteiger partial charge in [-0.15, -0.1) is 0 Å². The monoisotopic (exact) mass is 307 g/mol. The lowest BCUT2D eigenvalue weighted by molar-refractivity contribution is -0.142. The Morgan fingerprint density at radius 2 is 2.27 bits per heavy atom. The summed E-state index contributed by atoms with van der Waals surface area (Å²) >= 11 is 0. The summed E-state index contributed by atoms with van der Waals surface area (Å²) in [6, 6.07) is 5.24. The topological polar surface area (TPSA) is 81.2 Å². The van der Waals surface area contributed by atoms with Crippen molar-refractivity contribution in [2.45, 2.75) is 18.6 Å². The van der Waals surface area contributed by atoms with E-state index in [0.29, 0.717) is 13.0 Å². The molecule has 1 saturated heterocycles. The van der Waals surface area contributed by atoms with Crippen molar-refractivity contribution in [1.82, 2.24) is 5.32 Å². The number of carbonyl (C=O) groups is 1. The van der Waals surface area contributed by atoms with Crippen molar-refractivity contribution in [3.63, 3.8) is 0 Å². The fourth-order valence-electron chi connectivity index (χ4n) is 2.26. The third-order valence-corrected chi connectivity index (χ3v) is 3.50. The summed E-state index contributed by atoms with van der Waals surface area (Å²) in [6.07, 6.45) is 1.87. The van der Waals surface area contributed by atoms with Crippen LogP contribution in [0.3, 0.4) is 0 Å². The lowest BCUT2D eigenvalue weighted by atomic mass is 10.2. The molecule has 22 heavy (non-hydrogen) atoms. The number of nitrogens with zero attached hydrogens (tertiary/aromatic N) is 1. The Bertz CT molecular complexity index is 548. The lowest BCUT2D eigenvalue weighted by Crippen LogP contribution is -2.31. The lowest BCUT2D eigenvalue weighted by Gasteiger charge is -2.09. The Morgan fingerprint density at radius 1 is 1.45 bits per heavy atom. The average Bonchev–Trinajstić information content (AvgIpc) is 3.02. The molecule has 0 bridgehead atoms. The van der Waals surface area contributed by atoms with Crippen LogP contribution in [0.4, 0.5) is 11.4 Å². The highest BCUT2D eigenvalue weighted by Gasteiger charge is 2.30. The molecule has 1 aromatic rings. The van der Waals surface area contributed by atoms with E-state index < -0.39 is 0 Å². The van der Waals surface area contributed by atoms with Crippen LogP contribution in [0.5, 0.6) is 5.75 Å². The Balaban J connectivity index is 1.94. The minimum Gasteiger partial charge on any atom is -0.497 e. The van der Waals surface area contributed by atoms with Gasteiger partial charge < -0.3 is 24.8 Å². The maximum atomic E-state index is 11.4. The molecule has 1 heterocycles. The van der Waals surface area contributed by atoms with Gasteiger partial charge in [0.25, 0.3) is 0 Å². The minimum absolute atomic E-state index is 0.100. The van der Waals surface area contributed by atoms with Crippen molar-refractivity contribution in [2.24, 2.45) is 4.99 Å². The van der Waals surface area contributed by atoms with E-state index in [1.165, 1.54) is 13.5 Å². The number of esters is 1. The highest BCUT2D eigenvalue weighted by Crippen LogP contribution is 2.29. The summed E-state index contributed by atoms with van der Waals surface area (Å²) in [5.41, 5.74) is 1.59. The van der Waals surface area contributed by atoms with E-state index in [1.807, 2.05) is 25.2 Å². The fraction of sp³-hybridized carbons (Fsp3) is 0.467. The molecule has 2 atom stereocenters. The molecule has 0 saturated carbocycles. The Hall–Kier alpha value is -2.28. The second-order valence-corrected chi connectivity index (χ2v) is 4.85. The molecular formula is C15H21N3O4. The van der Waals surface area contributed by atoms with E-state index in [1.54, 1.807) is 7.11 Å². The predicted molar refractivity (Wildman–Crippen MR) is 84.0 cm³/mol. The molecule has 120 valence electrons. The third-order valence-electron chi connectivity index (χ3n) is 3.50. The zero-order valence-electron chi connectivity index (χ0n) is 13.0. The van der Waals surface area contributed by atoms with E-state index in [9.17, 15) is 4.79 Å². The summed E-state index contributed by atoms with van der Waals surface area (Å²) in [4.78, 5) is 15.7. The molecule has 1 aliphatic heterocycles. The van der Waals surface area contributed by atoms with Crippen LogP contribution < -0.4 is 15.4 Å². The average molecular weight is 307 g/mol. The summed E-state index contributed by atoms with van der Waals surface area (Å²) in [5, 5.41) is 6.11. The van der Waals surface area contributed by atoms with E-state index in [-0.39, 0.29) is 18.1 Å². The molecule has 7 nitrogen and oxygen atoms in total. The van der Waals surface area contributed by atoms with Gasteiger partial charge in [-0.2, -0.15) is 0 Å². The smallest absolute Gasteiger partial charge is 0.323 e. The molecule has 2 N–H and O–H groups in total. The number of ether oxygens (including phenoxy) is 3. The third kappa shape index (κ3) is 3.88. The first-order valence-corrected chi connectivity index (χ1v) is 7.03. The number of methoxy groups -OCH3 is 2. The molecule has 0 aliphatic carbocycles. The standard InChI is InChI=1S/C15H21N3O4/c1-16-12-5-4-10(20-2)6-13(12)18-9-22-11-7-14(17-8-11)15(19)21-3/h4-6,9,11,14,16-17H,7-8H2,1-3H3/b18-9+/t11-,14+/m1/s1. The first kappa shape index (κ1) is 16.1. The van der Waals surface area contributed by atoms with Crippen molar-refractivity contribution >= 4 is 23.7 Å². The van der Waals surface area contributed by atoms with Crippen LogP contribution in [-0.2, 0) is 14.3 Å². The second-order valence-electron chi connectivity index (χ2n) is 4.85. The molecule has 7 heteroatoms. The van der Waals surface area contributed by atoms with E-state index in [2.05, 4.69) is 15.6 Å². The molecular weight excluding hydrogens is 286 g/mol. The van der Waals surface area contributed by atoms with Gasteiger partial charge in [0.05, 0.1) is 25.6 Å². The number of hydrogen-bond donors (Lipinski definition) is 2. The van der Waals surface area contributed by atoms with Crippen molar-refractivity contribution in [3.8, 4) is 5.75 Å². The number of benzene rings is 1. The minimum atomic E-state index is -0.312. The fourth-order valence-corrected chi connectivity index (χ4v) is 2.26. The van der Waals surface area contributed by atoms with Gasteiger partial charge in [0.1, 0.15) is 17.9 Å². The normalized spacial score (nSPS) is 20.9. The summed E-state index contributed by atoms with van der Waals surface area (Å²) in [7, 11) is 4.81. The van der Waals surface area contributed by atoms with Crippen molar-refractivity contribution in [3.05, 3.63) is 18.2 Å². The van der Waals surface area contributed by atoms with E-state index in [4.69, 9.17) is 14.2 Å². The van der Waals surface area contributed by atoms with Crippen LogP contribution in [0.15, 0.2) is 23.2 Å². The second kappa shape index (κ2) is 7.65. The van der Waals surface area contributed by atoms with Crippen molar-refractivity contribution in [1.29, 1.82) is 0 Å². The molecule has 2 rings (SSSR count). The Kier molecular flexibility index (Phi) is 5.60. The number of aliphatic imine (C=N–C) groups is 1. The molecule has 0 aromatic heterocycles. The Morgan fingerprint density at radius 3 is 2.95 bits per heavy atom. The quantitative estimate of drug-likeness (QED) is 0.469. The zero-order valence-corrected chi connectivity index (χ0v) is 13.0. The first-order chi connectivity index (χ1) is 10.7. The highest BCUT2D eigenvalue weighted by molar-refractivity contribution is 5.76. The highest BCUT2D eigenvalue weighted by atomic mass is 16.5. The van der Waals surface area contributed by atoms with Crippen molar-refractivity contribution < 1.29 is 19.0 Å². The molecule has 1 fully saturated rings. The molecule has 1 aliphatic rings. The van der Waals surface area contributed by atoms with Crippen LogP contribution in [0.25, 0.3) is 0 Å². The number of anilines is 1. The van der Waals surface area contributed by atoms with E-state index in [0.717, 1.165) is 17.1 Å². The maximum absolute atomic E-state index is 11.4. The molecule has 1 aromatic carbocycles. The van der Waals surface area contributed by atoms with Crippen LogP contribution >= 0.6 is 0 Å². The number of nitrogens with one attached hydrogen (secondary N) is 2. The van der Waals surface area contributed by atoms with Crippen molar-refractivity contribution in [2.75, 3.05) is 33.1 Å². The molecule has 0 amide bonds. The van der Waals surface area contributed by atoms with Crippen LogP contribution in [-0.4, -0.2) is 52.3 Å². The molecule has 0 radical (unpaired) electrons. The molecule has 0 unspecified atom stereocenters. The van der Waals surface area contributed by atoms with Gasteiger partial charge in [-0.3, -0.25) is 4.79 Å². The van der Waals surface area contributed by atoms with Gasteiger partial charge >= 0.3 is 5.97 Å². The number of carbonyl (C=O) groups excluding carboxylic acids is 1. The van der Waals surface area contributed by atoms with Crippen LogP contribution in [0, 0.1) is 0 Å². The summed E-state index contributed by atoms with van der Waals surface area (Å²) in [6.45, 7) is 0.586. The summed E-state index contributed by atoms with van der Waals surface area (Å²) < 4.78 is 15.5. The van der Waals surface area contributed by atoms with Gasteiger partial charge in [0, 0.05) is 26.1 Å². The summed E-state index contributed by atoms with van der Waals surface area (Å²) in [5.74, 6) is 0.452. The largest absolute Gasteiger partial charge is 0.497 e. The van der Waals surface area contributed by atoms with Gasteiger partial charge in [-0.05, 0) is 12.1 Å². The van der Waals surface area contributed by atoms with Gasteiger partial charge in [-0.1, -0.05) is 0 Å². The molecule has 0 spiro atoms. The van der Waals surface area contributed by atoms with E-state index >= 15 is 0 Å². The SMILES string of the molecule is CNc1ccc(OC)cc1/N=C/O[C@H]1CN[C@H](C(=O)OC)C1. The zero-order chi connectivity index (χ0) is 15.9. The maximum Gasteiger partial charge on any atom is 0.323 e. The Labute approximate surface area is 129 Å². The predicted octanol–water partition coefficient (Wildman–Crippen LogP) is 1.32. The van der Waals surface area contributed by atoms with Gasteiger partial charge in [0.2, 0.25) is 0 Å². The number of hydrogen-bond acceptors (Lipinski definition) is 7. The van der Waals surface area contributed by atoms with Gasteiger partial charge in [-0.25, -0.2) is 4.99 Å². The first-order valence-electron chi connectivity index (χ1n) is 7.03. The van der Waals surface area contributed by atoms with Crippen LogP contribution in [0.1, 0.15) is 6.42 Å². The number of rotatable bonds is 6. The van der Waals surface area contributed by atoms with Crippen LogP contribution in [0.2, 0.25) is 0 Å².